The molecular formula is C13H20N2O4S. The summed E-state index contributed by atoms with van der Waals surface area (Å²) in [5.41, 5.74) is 6.09. The van der Waals surface area contributed by atoms with Crippen LogP contribution < -0.4 is 15.4 Å². The van der Waals surface area contributed by atoms with Crippen molar-refractivity contribution in [3.8, 4) is 5.75 Å². The fourth-order valence-corrected chi connectivity index (χ4v) is 3.39. The van der Waals surface area contributed by atoms with Crippen molar-refractivity contribution in [1.82, 2.24) is 0 Å². The number of esters is 1. The standard InChI is InChI=1S/C13H20N2O4S/c1-13(2)7-15(5-6-19-13)11-9(17-3)8(14)10(20-11)12(16)18-4/h5-7,14H2,1-4H3. The maximum absolute atomic E-state index is 11.7. The lowest BCUT2D eigenvalue weighted by Gasteiger charge is -2.38. The Morgan fingerprint density at radius 2 is 2.15 bits per heavy atom. The first-order valence-electron chi connectivity index (χ1n) is 6.33. The Bertz CT molecular complexity index is 513. The van der Waals surface area contributed by atoms with E-state index in [1.165, 1.54) is 18.4 Å². The quantitative estimate of drug-likeness (QED) is 0.857. The van der Waals surface area contributed by atoms with Crippen LogP contribution in [0.25, 0.3) is 0 Å². The summed E-state index contributed by atoms with van der Waals surface area (Å²) < 4.78 is 15.8. The summed E-state index contributed by atoms with van der Waals surface area (Å²) in [6, 6.07) is 0. The zero-order valence-corrected chi connectivity index (χ0v) is 13.0. The molecule has 2 N–H and O–H groups in total. The number of hydrogen-bond donors (Lipinski definition) is 1. The van der Waals surface area contributed by atoms with E-state index >= 15 is 0 Å². The van der Waals surface area contributed by atoms with E-state index in [4.69, 9.17) is 19.9 Å². The summed E-state index contributed by atoms with van der Waals surface area (Å²) in [6.45, 7) is 6.14. The Labute approximate surface area is 122 Å². The Balaban J connectivity index is 2.38. The average Bonchev–Trinajstić information content (AvgIpc) is 2.73. The predicted octanol–water partition coefficient (Wildman–Crippen LogP) is 1.74. The number of methoxy groups -OCH3 is 2. The highest BCUT2D eigenvalue weighted by atomic mass is 32.1. The number of nitrogens with two attached hydrogens (primary N) is 1. The molecule has 7 heteroatoms. The van der Waals surface area contributed by atoms with Crippen LogP contribution in [0.4, 0.5) is 10.7 Å². The summed E-state index contributed by atoms with van der Waals surface area (Å²) in [5.74, 6) is 0.0951. The van der Waals surface area contributed by atoms with Gasteiger partial charge in [-0.25, -0.2) is 4.79 Å². The fourth-order valence-electron chi connectivity index (χ4n) is 2.26. The Morgan fingerprint density at radius 1 is 1.45 bits per heavy atom. The molecule has 0 amide bonds. The van der Waals surface area contributed by atoms with Crippen LogP contribution in [0.1, 0.15) is 23.5 Å². The van der Waals surface area contributed by atoms with Crippen molar-refractivity contribution in [2.45, 2.75) is 19.4 Å². The van der Waals surface area contributed by atoms with Crippen LogP contribution in [0.3, 0.4) is 0 Å². The SMILES string of the molecule is COC(=O)c1sc(N2CCOC(C)(C)C2)c(OC)c1N. The molecule has 2 rings (SSSR count). The van der Waals surface area contributed by atoms with Crippen molar-refractivity contribution in [2.24, 2.45) is 0 Å². The van der Waals surface area contributed by atoms with Gasteiger partial charge in [0.1, 0.15) is 15.6 Å². The first kappa shape index (κ1) is 14.9. The largest absolute Gasteiger partial charge is 0.492 e. The summed E-state index contributed by atoms with van der Waals surface area (Å²) >= 11 is 1.30. The van der Waals surface area contributed by atoms with Gasteiger partial charge in [0.25, 0.3) is 0 Å². The molecule has 0 bridgehead atoms. The molecule has 112 valence electrons. The summed E-state index contributed by atoms with van der Waals surface area (Å²) in [4.78, 5) is 14.2. The van der Waals surface area contributed by atoms with Crippen LogP contribution in [0, 0.1) is 0 Å². The number of rotatable bonds is 3. The normalized spacial score (nSPS) is 17.9. The van der Waals surface area contributed by atoms with E-state index in [2.05, 4.69) is 4.90 Å². The molecule has 1 aromatic heterocycles. The lowest BCUT2D eigenvalue weighted by Crippen LogP contribution is -2.48. The molecule has 1 aromatic rings. The third-order valence-electron chi connectivity index (χ3n) is 3.17. The van der Waals surface area contributed by atoms with E-state index in [0.29, 0.717) is 29.5 Å². The molecule has 1 aliphatic heterocycles. The number of hydrogen-bond acceptors (Lipinski definition) is 7. The molecule has 0 aromatic carbocycles. The smallest absolute Gasteiger partial charge is 0.350 e. The van der Waals surface area contributed by atoms with E-state index in [0.717, 1.165) is 11.5 Å². The number of carbonyl (C=O) groups is 1. The van der Waals surface area contributed by atoms with Crippen LogP contribution in [0.2, 0.25) is 0 Å². The number of nitrogens with zero attached hydrogens (tertiary/aromatic N) is 1. The van der Waals surface area contributed by atoms with Crippen LogP contribution in [-0.4, -0.2) is 45.5 Å². The molecule has 0 spiro atoms. The van der Waals surface area contributed by atoms with Gasteiger partial charge in [0, 0.05) is 13.1 Å². The van der Waals surface area contributed by atoms with Crippen molar-refractivity contribution < 1.29 is 19.0 Å². The van der Waals surface area contributed by atoms with Crippen molar-refractivity contribution in [2.75, 3.05) is 44.5 Å². The van der Waals surface area contributed by atoms with Gasteiger partial charge in [-0.3, -0.25) is 0 Å². The minimum atomic E-state index is -0.440. The van der Waals surface area contributed by atoms with Crippen LogP contribution in [0.5, 0.6) is 5.75 Å². The van der Waals surface area contributed by atoms with Gasteiger partial charge in [-0.05, 0) is 13.8 Å². The van der Waals surface area contributed by atoms with Crippen molar-refractivity contribution in [1.29, 1.82) is 0 Å². The predicted molar refractivity (Wildman–Crippen MR) is 78.9 cm³/mol. The number of ether oxygens (including phenoxy) is 3. The second-order valence-electron chi connectivity index (χ2n) is 5.20. The third-order valence-corrected chi connectivity index (χ3v) is 4.40. The molecule has 0 aliphatic carbocycles. The van der Waals surface area contributed by atoms with Crippen molar-refractivity contribution >= 4 is 28.0 Å². The van der Waals surface area contributed by atoms with Gasteiger partial charge in [-0.1, -0.05) is 0 Å². The second kappa shape index (κ2) is 5.49. The van der Waals surface area contributed by atoms with Gasteiger partial charge in [-0.2, -0.15) is 0 Å². The van der Waals surface area contributed by atoms with Crippen LogP contribution >= 0.6 is 11.3 Å². The van der Waals surface area contributed by atoms with Gasteiger partial charge < -0.3 is 24.8 Å². The molecule has 0 unspecified atom stereocenters. The minimum Gasteiger partial charge on any atom is -0.492 e. The van der Waals surface area contributed by atoms with Crippen molar-refractivity contribution in [3.05, 3.63) is 4.88 Å². The first-order valence-corrected chi connectivity index (χ1v) is 7.14. The maximum Gasteiger partial charge on any atom is 0.350 e. The van der Waals surface area contributed by atoms with E-state index in [-0.39, 0.29) is 5.60 Å². The van der Waals surface area contributed by atoms with Gasteiger partial charge in [0.15, 0.2) is 5.75 Å². The topological polar surface area (TPSA) is 74.0 Å². The molecule has 2 heterocycles. The summed E-state index contributed by atoms with van der Waals surface area (Å²) in [7, 11) is 2.89. The highest BCUT2D eigenvalue weighted by Gasteiger charge is 2.32. The molecule has 0 radical (unpaired) electrons. The van der Waals surface area contributed by atoms with E-state index < -0.39 is 5.97 Å². The van der Waals surface area contributed by atoms with E-state index in [9.17, 15) is 4.79 Å². The number of carbonyl (C=O) groups excluding carboxylic acids is 1. The van der Waals surface area contributed by atoms with E-state index in [1.54, 1.807) is 7.11 Å². The maximum atomic E-state index is 11.7. The zero-order valence-electron chi connectivity index (χ0n) is 12.2. The lowest BCUT2D eigenvalue weighted by molar-refractivity contribution is -0.0275. The second-order valence-corrected chi connectivity index (χ2v) is 6.20. The first-order chi connectivity index (χ1) is 9.39. The monoisotopic (exact) mass is 300 g/mol. The number of thiophene rings is 1. The van der Waals surface area contributed by atoms with E-state index in [1.807, 2.05) is 13.8 Å². The molecule has 20 heavy (non-hydrogen) atoms. The Kier molecular flexibility index (Phi) is 4.10. The van der Waals surface area contributed by atoms with Gasteiger partial charge in [-0.15, -0.1) is 11.3 Å². The average molecular weight is 300 g/mol. The lowest BCUT2D eigenvalue weighted by atomic mass is 10.1. The Hall–Kier alpha value is -1.47. The van der Waals surface area contributed by atoms with Crippen LogP contribution in [-0.2, 0) is 9.47 Å². The molecule has 0 saturated carbocycles. The zero-order chi connectivity index (χ0) is 14.9. The minimum absolute atomic E-state index is 0.243. The molecule has 6 nitrogen and oxygen atoms in total. The number of anilines is 2. The fraction of sp³-hybridized carbons (Fsp3) is 0.615. The highest BCUT2D eigenvalue weighted by Crippen LogP contribution is 2.45. The molecular weight excluding hydrogens is 280 g/mol. The summed E-state index contributed by atoms with van der Waals surface area (Å²) in [6.07, 6.45) is 0. The van der Waals surface area contributed by atoms with Crippen molar-refractivity contribution in [3.63, 3.8) is 0 Å². The van der Waals surface area contributed by atoms with Gasteiger partial charge in [0.05, 0.1) is 26.4 Å². The van der Waals surface area contributed by atoms with Crippen LogP contribution in [0.15, 0.2) is 0 Å². The molecule has 1 aliphatic rings. The Morgan fingerprint density at radius 3 is 2.70 bits per heavy atom. The van der Waals surface area contributed by atoms with Gasteiger partial charge >= 0.3 is 5.97 Å². The highest BCUT2D eigenvalue weighted by molar-refractivity contribution is 7.19. The third kappa shape index (κ3) is 2.69. The number of morpholine rings is 1. The molecule has 1 saturated heterocycles. The molecule has 1 fully saturated rings. The summed E-state index contributed by atoms with van der Waals surface area (Å²) in [5, 5.41) is 0.849. The molecule has 0 atom stereocenters. The number of nitrogen functional groups attached to an aromatic ring is 1. The van der Waals surface area contributed by atoms with Gasteiger partial charge in [0.2, 0.25) is 0 Å².